The zero-order valence-corrected chi connectivity index (χ0v) is 11.7. The summed E-state index contributed by atoms with van der Waals surface area (Å²) >= 11 is 0. The number of hydrogen-bond donors (Lipinski definition) is 0. The molecule has 3 rings (SSSR count). The maximum Gasteiger partial charge on any atom is 0.113 e. The summed E-state index contributed by atoms with van der Waals surface area (Å²) in [5.41, 5.74) is 1.47. The third-order valence-electron chi connectivity index (χ3n) is 4.72. The summed E-state index contributed by atoms with van der Waals surface area (Å²) in [5.74, 6) is 2.03. The molecule has 1 fully saturated rings. The average Bonchev–Trinajstić information content (AvgIpc) is 2.84. The molecule has 0 aliphatic carbocycles. The van der Waals surface area contributed by atoms with E-state index in [4.69, 9.17) is 4.98 Å². The van der Waals surface area contributed by atoms with Gasteiger partial charge in [0.15, 0.2) is 0 Å². The number of rotatable bonds is 2. The predicted molar refractivity (Wildman–Crippen MR) is 74.0 cm³/mol. The topological polar surface area (TPSA) is 21.1 Å². The average molecular weight is 247 g/mol. The van der Waals surface area contributed by atoms with Gasteiger partial charge < -0.3 is 9.47 Å². The highest BCUT2D eigenvalue weighted by atomic mass is 15.2. The van der Waals surface area contributed by atoms with Crippen LogP contribution in [0, 0.1) is 0 Å². The van der Waals surface area contributed by atoms with E-state index in [1.165, 1.54) is 63.3 Å². The van der Waals surface area contributed by atoms with Gasteiger partial charge in [-0.1, -0.05) is 6.92 Å². The Kier molecular flexibility index (Phi) is 3.42. The molecule has 0 bridgehead atoms. The number of likely N-dealkylation sites (tertiary alicyclic amines) is 1. The Hall–Kier alpha value is -0.830. The lowest BCUT2D eigenvalue weighted by atomic mass is 9.96. The Morgan fingerprint density at radius 2 is 2.22 bits per heavy atom. The van der Waals surface area contributed by atoms with Gasteiger partial charge in [0.25, 0.3) is 0 Å². The minimum absolute atomic E-state index is 0.656. The van der Waals surface area contributed by atoms with E-state index in [2.05, 4.69) is 29.5 Å². The van der Waals surface area contributed by atoms with Gasteiger partial charge in [0, 0.05) is 30.4 Å². The van der Waals surface area contributed by atoms with Gasteiger partial charge in [-0.3, -0.25) is 0 Å². The van der Waals surface area contributed by atoms with E-state index in [0.29, 0.717) is 12.0 Å². The van der Waals surface area contributed by atoms with Crippen LogP contribution < -0.4 is 0 Å². The van der Waals surface area contributed by atoms with E-state index in [9.17, 15) is 0 Å². The molecule has 2 atom stereocenters. The van der Waals surface area contributed by atoms with Crippen molar-refractivity contribution < 1.29 is 0 Å². The first-order valence-corrected chi connectivity index (χ1v) is 7.58. The van der Waals surface area contributed by atoms with Crippen LogP contribution >= 0.6 is 0 Å². The maximum atomic E-state index is 4.78. The van der Waals surface area contributed by atoms with E-state index in [-0.39, 0.29) is 0 Å². The van der Waals surface area contributed by atoms with E-state index in [0.717, 1.165) is 0 Å². The molecule has 1 aromatic rings. The number of aryl methyl sites for hydroxylation is 1. The summed E-state index contributed by atoms with van der Waals surface area (Å²) in [5, 5.41) is 0. The van der Waals surface area contributed by atoms with Crippen LogP contribution in [0.3, 0.4) is 0 Å². The molecule has 18 heavy (non-hydrogen) atoms. The number of piperidine rings is 1. The zero-order valence-electron chi connectivity index (χ0n) is 11.7. The van der Waals surface area contributed by atoms with E-state index >= 15 is 0 Å². The predicted octanol–water partition coefficient (Wildman–Crippen LogP) is 2.98. The molecule has 2 unspecified atom stereocenters. The molecule has 2 aliphatic rings. The van der Waals surface area contributed by atoms with Crippen LogP contribution in [0.4, 0.5) is 0 Å². The van der Waals surface area contributed by atoms with Crippen molar-refractivity contribution in [3.05, 3.63) is 17.7 Å². The van der Waals surface area contributed by atoms with Crippen LogP contribution in [-0.4, -0.2) is 34.1 Å². The maximum absolute atomic E-state index is 4.78. The molecule has 3 heterocycles. The van der Waals surface area contributed by atoms with Gasteiger partial charge in [0.1, 0.15) is 5.82 Å². The third kappa shape index (κ3) is 2.09. The molecular weight excluding hydrogens is 222 g/mol. The van der Waals surface area contributed by atoms with E-state index in [1.54, 1.807) is 0 Å². The lowest BCUT2D eigenvalue weighted by Gasteiger charge is -2.33. The summed E-state index contributed by atoms with van der Waals surface area (Å²) in [4.78, 5) is 7.35. The first kappa shape index (κ1) is 12.2. The molecule has 2 aliphatic heterocycles. The monoisotopic (exact) mass is 247 g/mol. The van der Waals surface area contributed by atoms with Gasteiger partial charge in [-0.25, -0.2) is 4.98 Å². The van der Waals surface area contributed by atoms with Crippen molar-refractivity contribution in [1.29, 1.82) is 0 Å². The molecular formula is C15H25N3. The van der Waals surface area contributed by atoms with Crippen molar-refractivity contribution in [2.24, 2.45) is 0 Å². The largest absolute Gasteiger partial charge is 0.329 e. The van der Waals surface area contributed by atoms with Crippen molar-refractivity contribution >= 4 is 0 Å². The van der Waals surface area contributed by atoms with Crippen molar-refractivity contribution in [3.63, 3.8) is 0 Å². The SMILES string of the molecule is CCN1CCCC(c2ncc3n2C(C)CCC3)C1. The highest BCUT2D eigenvalue weighted by molar-refractivity contribution is 5.14. The van der Waals surface area contributed by atoms with Crippen LogP contribution in [0.5, 0.6) is 0 Å². The minimum atomic E-state index is 0.656. The lowest BCUT2D eigenvalue weighted by Crippen LogP contribution is -2.35. The molecule has 3 nitrogen and oxygen atoms in total. The molecule has 0 N–H and O–H groups in total. The van der Waals surface area contributed by atoms with Crippen molar-refractivity contribution in [1.82, 2.24) is 14.5 Å². The number of aromatic nitrogens is 2. The third-order valence-corrected chi connectivity index (χ3v) is 4.72. The molecule has 0 radical (unpaired) electrons. The van der Waals surface area contributed by atoms with Gasteiger partial charge >= 0.3 is 0 Å². The number of imidazole rings is 1. The van der Waals surface area contributed by atoms with Crippen LogP contribution in [0.25, 0.3) is 0 Å². The number of fused-ring (bicyclic) bond motifs is 1. The van der Waals surface area contributed by atoms with Crippen molar-refractivity contribution in [3.8, 4) is 0 Å². The fourth-order valence-electron chi connectivity index (χ4n) is 3.67. The van der Waals surface area contributed by atoms with Crippen molar-refractivity contribution in [2.45, 2.75) is 57.9 Å². The van der Waals surface area contributed by atoms with Gasteiger partial charge in [0.2, 0.25) is 0 Å². The normalized spacial score (nSPS) is 29.2. The molecule has 100 valence electrons. The molecule has 3 heteroatoms. The second-order valence-corrected chi connectivity index (χ2v) is 5.95. The fourth-order valence-corrected chi connectivity index (χ4v) is 3.67. The molecule has 0 saturated carbocycles. The van der Waals surface area contributed by atoms with Crippen LogP contribution in [0.2, 0.25) is 0 Å². The Bertz CT molecular complexity index is 410. The summed E-state index contributed by atoms with van der Waals surface area (Å²) in [6, 6.07) is 0.656. The highest BCUT2D eigenvalue weighted by Crippen LogP contribution is 2.32. The molecule has 1 aromatic heterocycles. The summed E-state index contributed by atoms with van der Waals surface area (Å²) < 4.78 is 2.55. The Morgan fingerprint density at radius 1 is 1.33 bits per heavy atom. The summed E-state index contributed by atoms with van der Waals surface area (Å²) in [6.45, 7) is 8.29. The lowest BCUT2D eigenvalue weighted by molar-refractivity contribution is 0.209. The second kappa shape index (κ2) is 5.04. The van der Waals surface area contributed by atoms with Gasteiger partial charge in [-0.05, 0) is 52.1 Å². The second-order valence-electron chi connectivity index (χ2n) is 5.95. The standard InChI is InChI=1S/C15H25N3/c1-3-17-9-5-7-13(11-17)15-16-10-14-8-4-6-12(2)18(14)15/h10,12-13H,3-9,11H2,1-2H3. The Labute approximate surface area is 110 Å². The zero-order chi connectivity index (χ0) is 12.5. The summed E-state index contributed by atoms with van der Waals surface area (Å²) in [6.07, 6.45) is 8.66. The first-order chi connectivity index (χ1) is 8.79. The van der Waals surface area contributed by atoms with E-state index < -0.39 is 0 Å². The minimum Gasteiger partial charge on any atom is -0.329 e. The molecule has 0 aromatic carbocycles. The van der Waals surface area contributed by atoms with Crippen LogP contribution in [0.15, 0.2) is 6.20 Å². The Balaban J connectivity index is 1.86. The smallest absolute Gasteiger partial charge is 0.113 e. The fraction of sp³-hybridized carbons (Fsp3) is 0.800. The van der Waals surface area contributed by atoms with Crippen LogP contribution in [-0.2, 0) is 6.42 Å². The van der Waals surface area contributed by atoms with Gasteiger partial charge in [-0.2, -0.15) is 0 Å². The van der Waals surface area contributed by atoms with Crippen molar-refractivity contribution in [2.75, 3.05) is 19.6 Å². The molecule has 0 spiro atoms. The molecule has 1 saturated heterocycles. The van der Waals surface area contributed by atoms with Crippen LogP contribution in [0.1, 0.15) is 63.0 Å². The Morgan fingerprint density at radius 3 is 3.06 bits per heavy atom. The summed E-state index contributed by atoms with van der Waals surface area (Å²) in [7, 11) is 0. The quantitative estimate of drug-likeness (QED) is 0.801. The number of nitrogens with zero attached hydrogens (tertiary/aromatic N) is 3. The van der Waals surface area contributed by atoms with Gasteiger partial charge in [0.05, 0.1) is 0 Å². The first-order valence-electron chi connectivity index (χ1n) is 7.58. The van der Waals surface area contributed by atoms with Gasteiger partial charge in [-0.15, -0.1) is 0 Å². The van der Waals surface area contributed by atoms with E-state index in [1.807, 2.05) is 0 Å². The number of likely N-dealkylation sites (N-methyl/N-ethyl adjacent to an activating group) is 1. The number of hydrogen-bond acceptors (Lipinski definition) is 2. The highest BCUT2D eigenvalue weighted by Gasteiger charge is 2.28. The molecule has 0 amide bonds.